The van der Waals surface area contributed by atoms with Gasteiger partial charge in [0.1, 0.15) is 0 Å². The first-order chi connectivity index (χ1) is 8.81. The molecule has 4 atom stereocenters. The Kier molecular flexibility index (Phi) is 2.90. The predicted molar refractivity (Wildman–Crippen MR) is 71.6 cm³/mol. The van der Waals surface area contributed by atoms with Crippen LogP contribution in [0.3, 0.4) is 0 Å². The van der Waals surface area contributed by atoms with E-state index in [1.807, 2.05) is 0 Å². The van der Waals surface area contributed by atoms with Crippen molar-refractivity contribution in [2.45, 2.75) is 62.7 Å². The van der Waals surface area contributed by atoms with Gasteiger partial charge < -0.3 is 9.64 Å². The molecule has 4 rings (SSSR count). The van der Waals surface area contributed by atoms with Gasteiger partial charge in [-0.1, -0.05) is 0 Å². The van der Waals surface area contributed by atoms with Gasteiger partial charge in [0, 0.05) is 30.7 Å². The fourth-order valence-corrected chi connectivity index (χ4v) is 4.98. The molecule has 4 bridgehead atoms. The van der Waals surface area contributed by atoms with E-state index in [0.717, 1.165) is 43.3 Å². The van der Waals surface area contributed by atoms with Crippen LogP contribution in [-0.4, -0.2) is 60.8 Å². The molecular formula is C15H26N2O. The normalized spacial score (nSPS) is 48.8. The number of hydrogen-bond donors (Lipinski definition) is 0. The highest BCUT2D eigenvalue weighted by Crippen LogP contribution is 2.39. The first-order valence-corrected chi connectivity index (χ1v) is 7.86. The lowest BCUT2D eigenvalue weighted by molar-refractivity contribution is -0.0282. The summed E-state index contributed by atoms with van der Waals surface area (Å²) in [5.41, 5.74) is 0. The summed E-state index contributed by atoms with van der Waals surface area (Å²) in [5.74, 6) is 0.958. The summed E-state index contributed by atoms with van der Waals surface area (Å²) < 4.78 is 5.70. The summed E-state index contributed by atoms with van der Waals surface area (Å²) in [7, 11) is 2.34. The summed E-state index contributed by atoms with van der Waals surface area (Å²) >= 11 is 0. The van der Waals surface area contributed by atoms with Crippen LogP contribution in [0.1, 0.15) is 38.5 Å². The number of piperidine rings is 1. The highest BCUT2D eigenvalue weighted by molar-refractivity contribution is 4.97. The molecule has 3 nitrogen and oxygen atoms in total. The molecule has 4 unspecified atom stereocenters. The van der Waals surface area contributed by atoms with Gasteiger partial charge in [-0.3, -0.25) is 4.90 Å². The van der Waals surface area contributed by atoms with Gasteiger partial charge in [-0.05, 0) is 51.5 Å². The summed E-state index contributed by atoms with van der Waals surface area (Å²) in [6.45, 7) is 3.35. The van der Waals surface area contributed by atoms with Crippen molar-refractivity contribution in [2.75, 3.05) is 26.8 Å². The zero-order valence-corrected chi connectivity index (χ0v) is 11.6. The van der Waals surface area contributed by atoms with E-state index < -0.39 is 0 Å². The number of fused-ring (bicyclic) bond motifs is 4. The topological polar surface area (TPSA) is 15.7 Å². The highest BCUT2D eigenvalue weighted by Gasteiger charge is 2.42. The molecule has 0 aliphatic carbocycles. The van der Waals surface area contributed by atoms with Crippen molar-refractivity contribution >= 4 is 0 Å². The van der Waals surface area contributed by atoms with Crippen molar-refractivity contribution in [3.8, 4) is 0 Å². The van der Waals surface area contributed by atoms with Crippen molar-refractivity contribution in [1.29, 1.82) is 0 Å². The smallest absolute Gasteiger partial charge is 0.0622 e. The SMILES string of the molecule is CN1C2CCC1CC(CN1C3CCC1COC3)C2. The van der Waals surface area contributed by atoms with Gasteiger partial charge in [0.15, 0.2) is 0 Å². The fourth-order valence-electron chi connectivity index (χ4n) is 4.98. The zero-order valence-electron chi connectivity index (χ0n) is 11.6. The third kappa shape index (κ3) is 1.83. The number of hydrogen-bond acceptors (Lipinski definition) is 3. The maximum atomic E-state index is 5.70. The van der Waals surface area contributed by atoms with E-state index in [2.05, 4.69) is 16.8 Å². The minimum atomic E-state index is 0.751. The van der Waals surface area contributed by atoms with Crippen LogP contribution in [0.15, 0.2) is 0 Å². The van der Waals surface area contributed by atoms with Crippen LogP contribution in [0.4, 0.5) is 0 Å². The number of rotatable bonds is 2. The van der Waals surface area contributed by atoms with Crippen LogP contribution in [0.25, 0.3) is 0 Å². The van der Waals surface area contributed by atoms with E-state index >= 15 is 0 Å². The molecule has 0 aromatic heterocycles. The van der Waals surface area contributed by atoms with Gasteiger partial charge in [-0.25, -0.2) is 0 Å². The molecule has 0 aromatic carbocycles. The Morgan fingerprint density at radius 1 is 0.889 bits per heavy atom. The Hall–Kier alpha value is -0.120. The fraction of sp³-hybridized carbons (Fsp3) is 1.00. The molecule has 102 valence electrons. The van der Waals surface area contributed by atoms with Gasteiger partial charge in [0.2, 0.25) is 0 Å². The van der Waals surface area contributed by atoms with E-state index in [0.29, 0.717) is 0 Å². The lowest BCUT2D eigenvalue weighted by Gasteiger charge is -2.41. The highest BCUT2D eigenvalue weighted by atomic mass is 16.5. The van der Waals surface area contributed by atoms with Crippen molar-refractivity contribution in [2.24, 2.45) is 5.92 Å². The molecule has 4 aliphatic rings. The summed E-state index contributed by atoms with van der Waals surface area (Å²) in [6.07, 6.45) is 8.56. The van der Waals surface area contributed by atoms with Crippen LogP contribution in [0, 0.1) is 5.92 Å². The average molecular weight is 250 g/mol. The molecule has 18 heavy (non-hydrogen) atoms. The molecule has 0 radical (unpaired) electrons. The van der Waals surface area contributed by atoms with E-state index in [-0.39, 0.29) is 0 Å². The predicted octanol–water partition coefficient (Wildman–Crippen LogP) is 1.72. The van der Waals surface area contributed by atoms with Crippen molar-refractivity contribution < 1.29 is 4.74 Å². The average Bonchev–Trinajstić information content (AvgIpc) is 2.76. The second kappa shape index (κ2) is 4.46. The largest absolute Gasteiger partial charge is 0.378 e. The summed E-state index contributed by atoms with van der Waals surface area (Å²) in [4.78, 5) is 5.46. The lowest BCUT2D eigenvalue weighted by Crippen LogP contribution is -2.50. The first kappa shape index (κ1) is 11.7. The van der Waals surface area contributed by atoms with Crippen molar-refractivity contribution in [1.82, 2.24) is 9.80 Å². The van der Waals surface area contributed by atoms with E-state index in [4.69, 9.17) is 4.74 Å². The van der Waals surface area contributed by atoms with E-state index in [1.54, 1.807) is 0 Å². The molecular weight excluding hydrogens is 224 g/mol. The number of nitrogens with zero attached hydrogens (tertiary/aromatic N) is 2. The van der Waals surface area contributed by atoms with Crippen LogP contribution >= 0.6 is 0 Å². The molecule has 0 N–H and O–H groups in total. The Bertz CT molecular complexity index is 292. The third-order valence-electron chi connectivity index (χ3n) is 6.06. The minimum absolute atomic E-state index is 0.751. The first-order valence-electron chi connectivity index (χ1n) is 7.86. The standard InChI is InChI=1S/C15H26N2O/c1-16-12-2-3-13(16)7-11(6-12)8-17-14-4-5-15(17)10-18-9-14/h11-15H,2-10H2,1H3. The molecule has 0 spiro atoms. The molecule has 0 amide bonds. The third-order valence-corrected chi connectivity index (χ3v) is 6.06. The molecule has 0 aromatic rings. The summed E-state index contributed by atoms with van der Waals surface area (Å²) in [5, 5.41) is 0. The maximum Gasteiger partial charge on any atom is 0.0622 e. The quantitative estimate of drug-likeness (QED) is 0.742. The van der Waals surface area contributed by atoms with E-state index in [1.165, 1.54) is 45.1 Å². The minimum Gasteiger partial charge on any atom is -0.378 e. The molecule has 3 heteroatoms. The van der Waals surface area contributed by atoms with Gasteiger partial charge in [0.25, 0.3) is 0 Å². The monoisotopic (exact) mass is 250 g/mol. The zero-order chi connectivity index (χ0) is 12.1. The molecule has 0 saturated carbocycles. The van der Waals surface area contributed by atoms with E-state index in [9.17, 15) is 0 Å². The van der Waals surface area contributed by atoms with Gasteiger partial charge >= 0.3 is 0 Å². The van der Waals surface area contributed by atoms with Crippen LogP contribution in [0.2, 0.25) is 0 Å². The summed E-state index contributed by atoms with van der Waals surface area (Å²) in [6, 6.07) is 3.29. The Labute approximate surface area is 110 Å². The number of ether oxygens (including phenoxy) is 1. The Balaban J connectivity index is 1.41. The molecule has 4 heterocycles. The Morgan fingerprint density at radius 3 is 2.06 bits per heavy atom. The number of morpholine rings is 1. The van der Waals surface area contributed by atoms with Gasteiger partial charge in [-0.15, -0.1) is 0 Å². The van der Waals surface area contributed by atoms with Crippen LogP contribution in [0.5, 0.6) is 0 Å². The van der Waals surface area contributed by atoms with Crippen molar-refractivity contribution in [3.05, 3.63) is 0 Å². The van der Waals surface area contributed by atoms with Crippen LogP contribution < -0.4 is 0 Å². The Morgan fingerprint density at radius 2 is 1.44 bits per heavy atom. The van der Waals surface area contributed by atoms with Gasteiger partial charge in [0.05, 0.1) is 13.2 Å². The molecule has 4 fully saturated rings. The van der Waals surface area contributed by atoms with Crippen LogP contribution in [-0.2, 0) is 4.74 Å². The van der Waals surface area contributed by atoms with Gasteiger partial charge in [-0.2, -0.15) is 0 Å². The maximum absolute atomic E-state index is 5.70. The van der Waals surface area contributed by atoms with Crippen molar-refractivity contribution in [3.63, 3.8) is 0 Å². The second-order valence-corrected chi connectivity index (χ2v) is 7.01. The lowest BCUT2D eigenvalue weighted by atomic mass is 9.90. The second-order valence-electron chi connectivity index (χ2n) is 7.01. The molecule has 4 saturated heterocycles. The molecule has 4 aliphatic heterocycles.